The highest BCUT2D eigenvalue weighted by atomic mass is 32.2. The van der Waals surface area contributed by atoms with E-state index in [0.717, 1.165) is 0 Å². The van der Waals surface area contributed by atoms with Crippen LogP contribution >= 0.6 is 0 Å². The van der Waals surface area contributed by atoms with Crippen LogP contribution in [-0.4, -0.2) is 35.8 Å². The maximum Gasteiger partial charge on any atom is 0.243 e. The van der Waals surface area contributed by atoms with Gasteiger partial charge in [0, 0.05) is 25.2 Å². The maximum atomic E-state index is 11.9. The molecule has 1 aromatic heterocycles. The van der Waals surface area contributed by atoms with Gasteiger partial charge in [0.15, 0.2) is 0 Å². The minimum absolute atomic E-state index is 0.0140. The number of aromatic nitrogens is 2. The topological polar surface area (TPSA) is 123 Å². The SMILES string of the molecule is Cn1cc(S(=O)(=O)NCC(C)(C)/C(N)=N/O)cn1. The van der Waals surface area contributed by atoms with Crippen LogP contribution in [0.2, 0.25) is 0 Å². The average Bonchev–Trinajstić information content (AvgIpc) is 2.73. The molecule has 0 saturated carbocycles. The molecular formula is C9H17N5O3S. The number of aryl methyl sites for hydroxylation is 1. The normalized spacial score (nSPS) is 13.8. The van der Waals surface area contributed by atoms with Gasteiger partial charge < -0.3 is 10.9 Å². The molecule has 0 aliphatic rings. The fraction of sp³-hybridized carbons (Fsp3) is 0.556. The molecule has 8 nitrogen and oxygen atoms in total. The molecule has 0 atom stereocenters. The Balaban J connectivity index is 2.80. The molecule has 18 heavy (non-hydrogen) atoms. The summed E-state index contributed by atoms with van der Waals surface area (Å²) in [6, 6.07) is 0. The molecule has 0 aliphatic carbocycles. The third-order valence-corrected chi connectivity index (χ3v) is 3.85. The average molecular weight is 275 g/mol. The van der Waals surface area contributed by atoms with Crippen LogP contribution in [0.3, 0.4) is 0 Å². The Kier molecular flexibility index (Phi) is 3.97. The predicted octanol–water partition coefficient (Wildman–Crippen LogP) is -0.529. The Morgan fingerprint density at radius 2 is 2.28 bits per heavy atom. The van der Waals surface area contributed by atoms with Crippen LogP contribution in [0, 0.1) is 5.41 Å². The first-order valence-electron chi connectivity index (χ1n) is 5.15. The summed E-state index contributed by atoms with van der Waals surface area (Å²) in [6.45, 7) is 3.34. The quantitative estimate of drug-likeness (QED) is 0.288. The zero-order valence-electron chi connectivity index (χ0n) is 10.5. The van der Waals surface area contributed by atoms with E-state index in [-0.39, 0.29) is 17.3 Å². The number of sulfonamides is 1. The Morgan fingerprint density at radius 3 is 2.72 bits per heavy atom. The van der Waals surface area contributed by atoms with Crippen LogP contribution in [0.1, 0.15) is 13.8 Å². The van der Waals surface area contributed by atoms with Gasteiger partial charge in [-0.3, -0.25) is 4.68 Å². The van der Waals surface area contributed by atoms with Crippen LogP contribution in [0.15, 0.2) is 22.4 Å². The Labute approximate surface area is 106 Å². The monoisotopic (exact) mass is 275 g/mol. The van der Waals surface area contributed by atoms with E-state index in [1.807, 2.05) is 0 Å². The molecule has 0 fully saturated rings. The van der Waals surface area contributed by atoms with Gasteiger partial charge in [-0.15, -0.1) is 0 Å². The van der Waals surface area contributed by atoms with Gasteiger partial charge in [0.2, 0.25) is 10.0 Å². The van der Waals surface area contributed by atoms with Crippen LogP contribution in [-0.2, 0) is 17.1 Å². The van der Waals surface area contributed by atoms with E-state index in [9.17, 15) is 8.42 Å². The summed E-state index contributed by atoms with van der Waals surface area (Å²) < 4.78 is 27.6. The molecule has 0 spiro atoms. The number of nitrogens with two attached hydrogens (primary N) is 1. The minimum Gasteiger partial charge on any atom is -0.409 e. The van der Waals surface area contributed by atoms with Gasteiger partial charge in [-0.25, -0.2) is 13.1 Å². The number of hydrogen-bond donors (Lipinski definition) is 3. The summed E-state index contributed by atoms with van der Waals surface area (Å²) in [5.41, 5.74) is 4.68. The molecule has 0 saturated heterocycles. The van der Waals surface area contributed by atoms with Gasteiger partial charge >= 0.3 is 0 Å². The van der Waals surface area contributed by atoms with Crippen molar-refractivity contribution < 1.29 is 13.6 Å². The molecule has 4 N–H and O–H groups in total. The molecule has 102 valence electrons. The predicted molar refractivity (Wildman–Crippen MR) is 65.6 cm³/mol. The number of rotatable bonds is 5. The lowest BCUT2D eigenvalue weighted by atomic mass is 9.93. The molecule has 0 amide bonds. The van der Waals surface area contributed by atoms with Crippen LogP contribution < -0.4 is 10.5 Å². The van der Waals surface area contributed by atoms with Gasteiger partial charge in [0.1, 0.15) is 10.7 Å². The zero-order chi connectivity index (χ0) is 14.0. The molecule has 0 aromatic carbocycles. The first-order chi connectivity index (χ1) is 8.19. The van der Waals surface area contributed by atoms with Crippen LogP contribution in [0.25, 0.3) is 0 Å². The van der Waals surface area contributed by atoms with Crippen molar-refractivity contribution >= 4 is 15.9 Å². The van der Waals surface area contributed by atoms with Crippen molar-refractivity contribution in [3.05, 3.63) is 12.4 Å². The first kappa shape index (κ1) is 14.5. The van der Waals surface area contributed by atoms with Gasteiger partial charge in [-0.1, -0.05) is 19.0 Å². The van der Waals surface area contributed by atoms with Crippen molar-refractivity contribution in [2.75, 3.05) is 6.54 Å². The fourth-order valence-corrected chi connectivity index (χ4v) is 2.32. The number of nitrogens with zero attached hydrogens (tertiary/aromatic N) is 3. The van der Waals surface area contributed by atoms with E-state index >= 15 is 0 Å². The second-order valence-electron chi connectivity index (χ2n) is 4.54. The van der Waals surface area contributed by atoms with Crippen LogP contribution in [0.4, 0.5) is 0 Å². The van der Waals surface area contributed by atoms with Crippen molar-refractivity contribution in [1.82, 2.24) is 14.5 Å². The Hall–Kier alpha value is -1.61. The van der Waals surface area contributed by atoms with E-state index in [2.05, 4.69) is 15.0 Å². The van der Waals surface area contributed by atoms with E-state index < -0.39 is 15.4 Å². The lowest BCUT2D eigenvalue weighted by Gasteiger charge is -2.22. The molecule has 0 radical (unpaired) electrons. The third kappa shape index (κ3) is 3.20. The Bertz CT molecular complexity index is 546. The molecule has 1 rings (SSSR count). The molecule has 0 aliphatic heterocycles. The van der Waals surface area contributed by atoms with E-state index in [0.29, 0.717) is 0 Å². The van der Waals surface area contributed by atoms with Gasteiger partial charge in [0.25, 0.3) is 0 Å². The number of hydrogen-bond acceptors (Lipinski definition) is 5. The summed E-state index contributed by atoms with van der Waals surface area (Å²) in [6.07, 6.45) is 2.64. The Morgan fingerprint density at radius 1 is 1.67 bits per heavy atom. The van der Waals surface area contributed by atoms with Crippen molar-refractivity contribution in [1.29, 1.82) is 0 Å². The summed E-state index contributed by atoms with van der Waals surface area (Å²) >= 11 is 0. The molecule has 0 unspecified atom stereocenters. The highest BCUT2D eigenvalue weighted by molar-refractivity contribution is 7.89. The highest BCUT2D eigenvalue weighted by Crippen LogP contribution is 2.15. The summed E-state index contributed by atoms with van der Waals surface area (Å²) in [5.74, 6) is -0.0450. The summed E-state index contributed by atoms with van der Waals surface area (Å²) in [4.78, 5) is 0.0697. The summed E-state index contributed by atoms with van der Waals surface area (Å²) in [7, 11) is -2.02. The van der Waals surface area contributed by atoms with E-state index in [1.54, 1.807) is 20.9 Å². The molecular weight excluding hydrogens is 258 g/mol. The second-order valence-corrected chi connectivity index (χ2v) is 6.31. The maximum absolute atomic E-state index is 11.9. The van der Waals surface area contributed by atoms with Crippen molar-refractivity contribution in [3.63, 3.8) is 0 Å². The second kappa shape index (κ2) is 4.94. The molecule has 0 bridgehead atoms. The molecule has 1 aromatic rings. The van der Waals surface area contributed by atoms with Crippen LogP contribution in [0.5, 0.6) is 0 Å². The fourth-order valence-electron chi connectivity index (χ4n) is 1.12. The number of oxime groups is 1. The molecule has 1 heterocycles. The number of nitrogens with one attached hydrogen (secondary N) is 1. The third-order valence-electron chi connectivity index (χ3n) is 2.50. The lowest BCUT2D eigenvalue weighted by Crippen LogP contribution is -2.42. The first-order valence-corrected chi connectivity index (χ1v) is 6.64. The zero-order valence-corrected chi connectivity index (χ0v) is 11.3. The van der Waals surface area contributed by atoms with E-state index in [4.69, 9.17) is 10.9 Å². The minimum atomic E-state index is -3.64. The largest absolute Gasteiger partial charge is 0.409 e. The molecule has 9 heteroatoms. The van der Waals surface area contributed by atoms with Crippen molar-refractivity contribution in [2.45, 2.75) is 18.7 Å². The number of amidine groups is 1. The standard InChI is InChI=1S/C9H17N5O3S/c1-9(2,8(10)13-15)6-12-18(16,17)7-4-11-14(3)5-7/h4-5,12,15H,6H2,1-3H3,(H2,10,13). The van der Waals surface area contributed by atoms with Gasteiger partial charge in [-0.2, -0.15) is 5.10 Å². The highest BCUT2D eigenvalue weighted by Gasteiger charge is 2.27. The van der Waals surface area contributed by atoms with Crippen molar-refractivity contribution in [2.24, 2.45) is 23.4 Å². The van der Waals surface area contributed by atoms with E-state index in [1.165, 1.54) is 17.1 Å². The summed E-state index contributed by atoms with van der Waals surface area (Å²) in [5, 5.41) is 15.3. The van der Waals surface area contributed by atoms with Gasteiger partial charge in [0.05, 0.1) is 6.20 Å². The van der Waals surface area contributed by atoms with Gasteiger partial charge in [-0.05, 0) is 0 Å². The smallest absolute Gasteiger partial charge is 0.243 e. The lowest BCUT2D eigenvalue weighted by molar-refractivity contribution is 0.307. The van der Waals surface area contributed by atoms with Crippen molar-refractivity contribution in [3.8, 4) is 0 Å².